The molecular formula is C18H20N4O2. The Hall–Kier alpha value is -3.02. The number of fused-ring (bicyclic) bond motifs is 1. The highest BCUT2D eigenvalue weighted by Crippen LogP contribution is 2.23. The molecule has 1 heterocycles. The molecule has 6 heteroatoms. The Balaban J connectivity index is 1.72. The zero-order chi connectivity index (χ0) is 17.1. The molecule has 6 nitrogen and oxygen atoms in total. The van der Waals surface area contributed by atoms with Gasteiger partial charge in [0.05, 0.1) is 7.11 Å². The molecule has 1 aliphatic rings. The largest absolute Gasteiger partial charge is 0.497 e. The van der Waals surface area contributed by atoms with Crippen LogP contribution in [0.5, 0.6) is 5.75 Å². The fraction of sp³-hybridized carbons (Fsp3) is 0.222. The van der Waals surface area contributed by atoms with E-state index >= 15 is 0 Å². The van der Waals surface area contributed by atoms with Crippen LogP contribution in [0.15, 0.2) is 42.5 Å². The maximum atomic E-state index is 12.3. The number of carbonyl (C=O) groups is 1. The molecule has 3 rings (SSSR count). The van der Waals surface area contributed by atoms with Crippen molar-refractivity contribution < 1.29 is 9.53 Å². The second-order valence-electron chi connectivity index (χ2n) is 5.72. The summed E-state index contributed by atoms with van der Waals surface area (Å²) < 4.78 is 5.10. The molecule has 124 valence electrons. The van der Waals surface area contributed by atoms with E-state index < -0.39 is 0 Å². The summed E-state index contributed by atoms with van der Waals surface area (Å²) in [6.07, 6.45) is 0.807. The molecule has 24 heavy (non-hydrogen) atoms. The molecule has 0 saturated heterocycles. The van der Waals surface area contributed by atoms with Crippen LogP contribution in [0, 0.1) is 5.41 Å². The van der Waals surface area contributed by atoms with Crippen LogP contribution in [0.1, 0.15) is 21.5 Å². The first-order valence-electron chi connectivity index (χ1n) is 7.73. The van der Waals surface area contributed by atoms with E-state index in [2.05, 4.69) is 5.32 Å². The van der Waals surface area contributed by atoms with Crippen molar-refractivity contribution in [3.05, 3.63) is 59.2 Å². The van der Waals surface area contributed by atoms with Gasteiger partial charge in [0.25, 0.3) is 5.91 Å². The number of anilines is 1. The van der Waals surface area contributed by atoms with Crippen LogP contribution in [0.4, 0.5) is 5.69 Å². The number of methoxy groups -OCH3 is 1. The normalized spacial score (nSPS) is 13.1. The molecular weight excluding hydrogens is 304 g/mol. The van der Waals surface area contributed by atoms with E-state index in [4.69, 9.17) is 15.9 Å². The SMILES string of the molecule is COc1ccc(C(=O)Nc2ccc3c(c2)CCN(C(=N)N)C3)cc1. The number of rotatable bonds is 3. The Morgan fingerprint density at radius 3 is 2.62 bits per heavy atom. The molecule has 0 unspecified atom stereocenters. The summed E-state index contributed by atoms with van der Waals surface area (Å²) in [6, 6.07) is 12.8. The maximum Gasteiger partial charge on any atom is 0.255 e. The number of amides is 1. The van der Waals surface area contributed by atoms with Gasteiger partial charge in [-0.2, -0.15) is 0 Å². The Labute approximate surface area is 140 Å². The molecule has 2 aromatic carbocycles. The second kappa shape index (κ2) is 6.62. The van der Waals surface area contributed by atoms with E-state index in [9.17, 15) is 4.79 Å². The molecule has 0 fully saturated rings. The lowest BCUT2D eigenvalue weighted by molar-refractivity contribution is 0.102. The summed E-state index contributed by atoms with van der Waals surface area (Å²) in [5, 5.41) is 10.4. The number of benzene rings is 2. The van der Waals surface area contributed by atoms with Crippen molar-refractivity contribution in [2.45, 2.75) is 13.0 Å². The third-order valence-corrected chi connectivity index (χ3v) is 4.17. The van der Waals surface area contributed by atoms with Crippen LogP contribution in [0.2, 0.25) is 0 Å². The van der Waals surface area contributed by atoms with Gasteiger partial charge >= 0.3 is 0 Å². The fourth-order valence-electron chi connectivity index (χ4n) is 2.78. The molecule has 0 aliphatic carbocycles. The standard InChI is InChI=1S/C18H20N4O2/c1-24-16-6-3-12(4-7-16)17(23)21-15-5-2-14-11-22(18(19)20)9-8-13(14)10-15/h2-7,10H,8-9,11H2,1H3,(H3,19,20)(H,21,23). The van der Waals surface area contributed by atoms with Gasteiger partial charge in [-0.05, 0) is 53.9 Å². The predicted octanol–water partition coefficient (Wildman–Crippen LogP) is 2.20. The number of carbonyl (C=O) groups excluding carboxylic acids is 1. The van der Waals surface area contributed by atoms with E-state index in [1.807, 2.05) is 23.1 Å². The van der Waals surface area contributed by atoms with E-state index in [1.54, 1.807) is 31.4 Å². The van der Waals surface area contributed by atoms with Crippen LogP contribution >= 0.6 is 0 Å². The van der Waals surface area contributed by atoms with E-state index in [-0.39, 0.29) is 11.9 Å². The molecule has 2 aromatic rings. The summed E-state index contributed by atoms with van der Waals surface area (Å²) in [6.45, 7) is 1.36. The van der Waals surface area contributed by atoms with Gasteiger partial charge in [-0.1, -0.05) is 6.07 Å². The lowest BCUT2D eigenvalue weighted by atomic mass is 9.99. The Kier molecular flexibility index (Phi) is 4.37. The van der Waals surface area contributed by atoms with Gasteiger partial charge in [0.2, 0.25) is 0 Å². The van der Waals surface area contributed by atoms with Gasteiger partial charge in [0, 0.05) is 24.3 Å². The summed E-state index contributed by atoms with van der Waals surface area (Å²) in [7, 11) is 1.59. The number of hydrogen-bond donors (Lipinski definition) is 3. The molecule has 0 atom stereocenters. The number of nitrogens with two attached hydrogens (primary N) is 1. The fourth-order valence-corrected chi connectivity index (χ4v) is 2.78. The van der Waals surface area contributed by atoms with Gasteiger partial charge in [-0.25, -0.2) is 0 Å². The van der Waals surface area contributed by atoms with Gasteiger partial charge in [-0.15, -0.1) is 0 Å². The first-order valence-corrected chi connectivity index (χ1v) is 7.73. The van der Waals surface area contributed by atoms with Crippen LogP contribution in [0.3, 0.4) is 0 Å². The van der Waals surface area contributed by atoms with Crippen molar-refractivity contribution in [3.63, 3.8) is 0 Å². The van der Waals surface area contributed by atoms with Crippen molar-refractivity contribution in [2.24, 2.45) is 5.73 Å². The minimum Gasteiger partial charge on any atom is -0.497 e. The molecule has 4 N–H and O–H groups in total. The summed E-state index contributed by atoms with van der Waals surface area (Å²) in [5.41, 5.74) is 9.22. The van der Waals surface area contributed by atoms with E-state index in [1.165, 1.54) is 5.56 Å². The summed E-state index contributed by atoms with van der Waals surface area (Å²) >= 11 is 0. The van der Waals surface area contributed by atoms with Crippen molar-refractivity contribution in [1.29, 1.82) is 5.41 Å². The van der Waals surface area contributed by atoms with Gasteiger partial charge in [-0.3, -0.25) is 10.2 Å². The van der Waals surface area contributed by atoms with E-state index in [0.29, 0.717) is 12.1 Å². The molecule has 1 aliphatic heterocycles. The van der Waals surface area contributed by atoms with Crippen LogP contribution in [-0.2, 0) is 13.0 Å². The summed E-state index contributed by atoms with van der Waals surface area (Å²) in [4.78, 5) is 14.1. The maximum absolute atomic E-state index is 12.3. The lowest BCUT2D eigenvalue weighted by Gasteiger charge is -2.29. The number of guanidine groups is 1. The molecule has 1 amide bonds. The van der Waals surface area contributed by atoms with Crippen molar-refractivity contribution in [1.82, 2.24) is 4.90 Å². The van der Waals surface area contributed by atoms with Gasteiger partial charge in [0.1, 0.15) is 5.75 Å². The molecule has 0 bridgehead atoms. The predicted molar refractivity (Wildman–Crippen MR) is 93.4 cm³/mol. The van der Waals surface area contributed by atoms with Crippen molar-refractivity contribution >= 4 is 17.6 Å². The molecule has 0 aromatic heterocycles. The third kappa shape index (κ3) is 3.32. The van der Waals surface area contributed by atoms with Crippen molar-refractivity contribution in [2.75, 3.05) is 19.0 Å². The minimum atomic E-state index is -0.154. The topological polar surface area (TPSA) is 91.4 Å². The lowest BCUT2D eigenvalue weighted by Crippen LogP contribution is -2.40. The average Bonchev–Trinajstić information content (AvgIpc) is 2.61. The van der Waals surface area contributed by atoms with Gasteiger partial charge < -0.3 is 20.7 Å². The quantitative estimate of drug-likeness (QED) is 0.596. The second-order valence-corrected chi connectivity index (χ2v) is 5.72. The number of nitrogens with one attached hydrogen (secondary N) is 2. The monoisotopic (exact) mass is 324 g/mol. The highest BCUT2D eigenvalue weighted by Gasteiger charge is 2.17. The Morgan fingerprint density at radius 2 is 1.96 bits per heavy atom. The number of ether oxygens (including phenoxy) is 1. The summed E-state index contributed by atoms with van der Waals surface area (Å²) in [5.74, 6) is 0.659. The number of hydrogen-bond acceptors (Lipinski definition) is 3. The molecule has 0 radical (unpaired) electrons. The average molecular weight is 324 g/mol. The van der Waals surface area contributed by atoms with Crippen LogP contribution in [0.25, 0.3) is 0 Å². The first kappa shape index (κ1) is 15.9. The number of nitrogens with zero attached hydrogens (tertiary/aromatic N) is 1. The van der Waals surface area contributed by atoms with Crippen LogP contribution in [-0.4, -0.2) is 30.4 Å². The first-order chi connectivity index (χ1) is 11.6. The molecule has 0 saturated carbocycles. The van der Waals surface area contributed by atoms with Crippen molar-refractivity contribution in [3.8, 4) is 5.75 Å². The molecule has 0 spiro atoms. The zero-order valence-electron chi connectivity index (χ0n) is 13.5. The highest BCUT2D eigenvalue weighted by atomic mass is 16.5. The van der Waals surface area contributed by atoms with Crippen LogP contribution < -0.4 is 15.8 Å². The Morgan fingerprint density at radius 1 is 1.21 bits per heavy atom. The highest BCUT2D eigenvalue weighted by molar-refractivity contribution is 6.04. The van der Waals surface area contributed by atoms with Gasteiger partial charge in [0.15, 0.2) is 5.96 Å². The zero-order valence-corrected chi connectivity index (χ0v) is 13.5. The third-order valence-electron chi connectivity index (χ3n) is 4.17. The smallest absolute Gasteiger partial charge is 0.255 e. The Bertz CT molecular complexity index is 771. The minimum absolute atomic E-state index is 0.0949. The van der Waals surface area contributed by atoms with E-state index in [0.717, 1.165) is 30.0 Å².